The van der Waals surface area contributed by atoms with E-state index in [0.717, 1.165) is 18.7 Å². The molecule has 2 N–H and O–H groups in total. The van der Waals surface area contributed by atoms with Gasteiger partial charge in [-0.1, -0.05) is 26.0 Å². The first-order valence-corrected chi connectivity index (χ1v) is 6.75. The largest absolute Gasteiger partial charge is 0.493 e. The number of rotatable bonds is 8. The van der Waals surface area contributed by atoms with E-state index in [2.05, 4.69) is 12.2 Å². The quantitative estimate of drug-likeness (QED) is 0.759. The van der Waals surface area contributed by atoms with Gasteiger partial charge in [0.2, 0.25) is 0 Å². The standard InChI is InChI=1S/C15H25NO3/c1-5-15(3,17)11-19-14-12(10-16-6-2)8-7-9-13(14)18-4/h7-9,16-17H,5-6,10-11H2,1-4H3. The normalized spacial score (nSPS) is 13.9. The summed E-state index contributed by atoms with van der Waals surface area (Å²) in [5.74, 6) is 1.40. The van der Waals surface area contributed by atoms with E-state index in [-0.39, 0.29) is 6.61 Å². The van der Waals surface area contributed by atoms with E-state index in [9.17, 15) is 5.11 Å². The molecule has 0 aliphatic heterocycles. The number of methoxy groups -OCH3 is 1. The number of ether oxygens (including phenoxy) is 2. The molecule has 1 aromatic carbocycles. The van der Waals surface area contributed by atoms with Crippen molar-refractivity contribution in [2.75, 3.05) is 20.3 Å². The number of para-hydroxylation sites is 1. The van der Waals surface area contributed by atoms with Gasteiger partial charge in [0.05, 0.1) is 12.7 Å². The first kappa shape index (κ1) is 15.8. The van der Waals surface area contributed by atoms with Crippen LogP contribution in [0, 0.1) is 0 Å². The maximum absolute atomic E-state index is 10.0. The van der Waals surface area contributed by atoms with E-state index >= 15 is 0 Å². The number of hydrogen-bond acceptors (Lipinski definition) is 4. The molecule has 0 radical (unpaired) electrons. The Hall–Kier alpha value is -1.26. The van der Waals surface area contributed by atoms with Gasteiger partial charge in [-0.25, -0.2) is 0 Å². The Kier molecular flexibility index (Phi) is 6.12. The Morgan fingerprint density at radius 3 is 2.63 bits per heavy atom. The molecule has 1 atom stereocenters. The zero-order valence-electron chi connectivity index (χ0n) is 12.3. The molecule has 1 unspecified atom stereocenters. The second kappa shape index (κ2) is 7.36. The van der Waals surface area contributed by atoms with Crippen LogP contribution in [0.1, 0.15) is 32.8 Å². The average molecular weight is 267 g/mol. The molecule has 0 saturated heterocycles. The van der Waals surface area contributed by atoms with Crippen LogP contribution in [0.2, 0.25) is 0 Å². The van der Waals surface area contributed by atoms with Crippen LogP contribution in [-0.4, -0.2) is 31.0 Å². The van der Waals surface area contributed by atoms with Crippen molar-refractivity contribution in [3.8, 4) is 11.5 Å². The Morgan fingerprint density at radius 1 is 1.32 bits per heavy atom. The van der Waals surface area contributed by atoms with Gasteiger partial charge in [0.15, 0.2) is 11.5 Å². The number of nitrogens with one attached hydrogen (secondary N) is 1. The fourth-order valence-electron chi connectivity index (χ4n) is 1.61. The van der Waals surface area contributed by atoms with Gasteiger partial charge in [-0.15, -0.1) is 0 Å². The number of benzene rings is 1. The number of aliphatic hydroxyl groups is 1. The molecule has 0 aromatic heterocycles. The van der Waals surface area contributed by atoms with E-state index in [4.69, 9.17) is 9.47 Å². The maximum Gasteiger partial charge on any atom is 0.165 e. The van der Waals surface area contributed by atoms with E-state index < -0.39 is 5.60 Å². The van der Waals surface area contributed by atoms with Gasteiger partial charge in [-0.05, 0) is 26.0 Å². The molecule has 0 amide bonds. The summed E-state index contributed by atoms with van der Waals surface area (Å²) in [6, 6.07) is 5.81. The third-order valence-electron chi connectivity index (χ3n) is 3.13. The van der Waals surface area contributed by atoms with Gasteiger partial charge in [0.25, 0.3) is 0 Å². The molecule has 0 saturated carbocycles. The van der Waals surface area contributed by atoms with Gasteiger partial charge in [0, 0.05) is 12.1 Å². The molecule has 0 heterocycles. The molecule has 108 valence electrons. The zero-order chi connectivity index (χ0) is 14.3. The van der Waals surface area contributed by atoms with Gasteiger partial charge < -0.3 is 19.9 Å². The summed E-state index contributed by atoms with van der Waals surface area (Å²) in [7, 11) is 1.62. The summed E-state index contributed by atoms with van der Waals surface area (Å²) in [6.07, 6.45) is 0.644. The molecular formula is C15H25NO3. The molecule has 0 fully saturated rings. The lowest BCUT2D eigenvalue weighted by atomic mass is 10.1. The Labute approximate surface area is 115 Å². The predicted octanol–water partition coefficient (Wildman–Crippen LogP) is 2.34. The van der Waals surface area contributed by atoms with Crippen LogP contribution in [0.25, 0.3) is 0 Å². The molecule has 1 rings (SSSR count). The highest BCUT2D eigenvalue weighted by molar-refractivity contribution is 5.46. The van der Waals surface area contributed by atoms with Crippen molar-refractivity contribution in [1.29, 1.82) is 0 Å². The van der Waals surface area contributed by atoms with Crippen molar-refractivity contribution in [3.63, 3.8) is 0 Å². The second-order valence-electron chi connectivity index (χ2n) is 4.87. The summed E-state index contributed by atoms with van der Waals surface area (Å²) in [5, 5.41) is 13.3. The number of hydrogen-bond donors (Lipinski definition) is 2. The van der Waals surface area contributed by atoms with Crippen LogP contribution in [0.3, 0.4) is 0 Å². The topological polar surface area (TPSA) is 50.7 Å². The lowest BCUT2D eigenvalue weighted by Crippen LogP contribution is -2.31. The van der Waals surface area contributed by atoms with Crippen molar-refractivity contribution in [1.82, 2.24) is 5.32 Å². The maximum atomic E-state index is 10.0. The lowest BCUT2D eigenvalue weighted by molar-refractivity contribution is 0.00743. The van der Waals surface area contributed by atoms with Gasteiger partial charge >= 0.3 is 0 Å². The summed E-state index contributed by atoms with van der Waals surface area (Å²) in [4.78, 5) is 0. The van der Waals surface area contributed by atoms with Crippen LogP contribution >= 0.6 is 0 Å². The van der Waals surface area contributed by atoms with Crippen molar-refractivity contribution in [2.24, 2.45) is 0 Å². The molecule has 0 aliphatic rings. The second-order valence-corrected chi connectivity index (χ2v) is 4.87. The average Bonchev–Trinajstić information content (AvgIpc) is 2.43. The van der Waals surface area contributed by atoms with E-state index in [0.29, 0.717) is 17.9 Å². The predicted molar refractivity (Wildman–Crippen MR) is 76.8 cm³/mol. The van der Waals surface area contributed by atoms with Gasteiger partial charge in [0.1, 0.15) is 6.61 Å². The highest BCUT2D eigenvalue weighted by atomic mass is 16.5. The highest BCUT2D eigenvalue weighted by Crippen LogP contribution is 2.31. The van der Waals surface area contributed by atoms with Crippen LogP contribution in [-0.2, 0) is 6.54 Å². The van der Waals surface area contributed by atoms with Crippen LogP contribution in [0.5, 0.6) is 11.5 Å². The molecule has 4 nitrogen and oxygen atoms in total. The fraction of sp³-hybridized carbons (Fsp3) is 0.600. The smallest absolute Gasteiger partial charge is 0.165 e. The summed E-state index contributed by atoms with van der Waals surface area (Å²) >= 11 is 0. The third-order valence-corrected chi connectivity index (χ3v) is 3.13. The minimum absolute atomic E-state index is 0.253. The van der Waals surface area contributed by atoms with Gasteiger partial charge in [-0.2, -0.15) is 0 Å². The van der Waals surface area contributed by atoms with Crippen LogP contribution in [0.4, 0.5) is 0 Å². The van der Waals surface area contributed by atoms with Crippen molar-refractivity contribution >= 4 is 0 Å². The van der Waals surface area contributed by atoms with Crippen molar-refractivity contribution in [3.05, 3.63) is 23.8 Å². The summed E-state index contributed by atoms with van der Waals surface area (Å²) in [5.41, 5.74) is 0.212. The Morgan fingerprint density at radius 2 is 2.05 bits per heavy atom. The van der Waals surface area contributed by atoms with Gasteiger partial charge in [-0.3, -0.25) is 0 Å². The van der Waals surface area contributed by atoms with E-state index in [1.54, 1.807) is 14.0 Å². The van der Waals surface area contributed by atoms with Crippen molar-refractivity contribution in [2.45, 2.75) is 39.3 Å². The first-order chi connectivity index (χ1) is 9.04. The molecule has 0 aliphatic carbocycles. The third kappa shape index (κ3) is 4.73. The molecule has 1 aromatic rings. The molecule has 0 bridgehead atoms. The Balaban J connectivity index is 2.88. The summed E-state index contributed by atoms with van der Waals surface area (Å²) < 4.78 is 11.1. The first-order valence-electron chi connectivity index (χ1n) is 6.75. The highest BCUT2D eigenvalue weighted by Gasteiger charge is 2.20. The lowest BCUT2D eigenvalue weighted by Gasteiger charge is -2.23. The Bertz CT molecular complexity index is 391. The van der Waals surface area contributed by atoms with Crippen molar-refractivity contribution < 1.29 is 14.6 Å². The monoisotopic (exact) mass is 267 g/mol. The summed E-state index contributed by atoms with van der Waals surface area (Å²) in [6.45, 7) is 7.63. The van der Waals surface area contributed by atoms with Crippen LogP contribution in [0.15, 0.2) is 18.2 Å². The fourth-order valence-corrected chi connectivity index (χ4v) is 1.61. The molecule has 4 heteroatoms. The minimum Gasteiger partial charge on any atom is -0.493 e. The van der Waals surface area contributed by atoms with E-state index in [1.807, 2.05) is 25.1 Å². The SMILES string of the molecule is CCNCc1cccc(OC)c1OCC(C)(O)CC. The molecule has 0 spiro atoms. The molecule has 19 heavy (non-hydrogen) atoms. The zero-order valence-corrected chi connectivity index (χ0v) is 12.3. The van der Waals surface area contributed by atoms with E-state index in [1.165, 1.54) is 0 Å². The van der Waals surface area contributed by atoms with Crippen LogP contribution < -0.4 is 14.8 Å². The minimum atomic E-state index is -0.823. The molecular weight excluding hydrogens is 242 g/mol.